The lowest BCUT2D eigenvalue weighted by atomic mass is 10.1. The average Bonchev–Trinajstić information content (AvgIpc) is 2.90. The Morgan fingerprint density at radius 3 is 2.67 bits per heavy atom. The van der Waals surface area contributed by atoms with E-state index in [1.807, 2.05) is 18.2 Å². The van der Waals surface area contributed by atoms with E-state index >= 15 is 0 Å². The highest BCUT2D eigenvalue weighted by molar-refractivity contribution is 8.18. The van der Waals surface area contributed by atoms with Crippen LogP contribution in [-0.4, -0.2) is 42.3 Å². The van der Waals surface area contributed by atoms with Crippen LogP contribution in [0, 0.1) is 0 Å². The lowest BCUT2D eigenvalue weighted by molar-refractivity contribution is -0.113. The normalized spacial score (nSPS) is 21.0. The molecule has 0 aromatic heterocycles. The first-order valence-corrected chi connectivity index (χ1v) is 8.02. The molecule has 3 rings (SSSR count). The van der Waals surface area contributed by atoms with Crippen molar-refractivity contribution in [2.75, 3.05) is 26.3 Å². The molecule has 0 N–H and O–H groups in total. The van der Waals surface area contributed by atoms with Crippen LogP contribution in [0.4, 0.5) is 0 Å². The number of morpholine rings is 1. The number of rotatable bonds is 2. The summed E-state index contributed by atoms with van der Waals surface area (Å²) in [5.74, 6) is -0.138. The second-order valence-electron chi connectivity index (χ2n) is 5.00. The van der Waals surface area contributed by atoms with Crippen molar-refractivity contribution < 1.29 is 9.53 Å². The zero-order chi connectivity index (χ0) is 14.7. The van der Waals surface area contributed by atoms with Crippen LogP contribution in [0.1, 0.15) is 18.1 Å². The number of hydrogen-bond acceptors (Lipinski definition) is 4. The van der Waals surface area contributed by atoms with Gasteiger partial charge < -0.3 is 9.64 Å². The molecule has 5 heteroatoms. The molecule has 0 aliphatic carbocycles. The molecule has 2 aliphatic rings. The fraction of sp³-hybridized carbons (Fsp3) is 0.375. The molecule has 0 spiro atoms. The van der Waals surface area contributed by atoms with Gasteiger partial charge in [-0.2, -0.15) is 4.99 Å². The Bertz CT molecular complexity index is 587. The standard InChI is InChI=1S/C16H18N2O2S/c1-2-12-3-5-13(6-4-12)11-14-15(19)17-16(21-14)18-7-9-20-10-8-18/h3-6,11H,2,7-10H2,1H3/b14-11+. The number of amidine groups is 1. The molecule has 0 saturated carbocycles. The molecule has 1 saturated heterocycles. The summed E-state index contributed by atoms with van der Waals surface area (Å²) in [6, 6.07) is 8.29. The second-order valence-corrected chi connectivity index (χ2v) is 6.01. The predicted molar refractivity (Wildman–Crippen MR) is 86.2 cm³/mol. The minimum absolute atomic E-state index is 0.138. The fourth-order valence-electron chi connectivity index (χ4n) is 2.29. The first-order chi connectivity index (χ1) is 10.3. The van der Waals surface area contributed by atoms with Gasteiger partial charge >= 0.3 is 0 Å². The van der Waals surface area contributed by atoms with E-state index < -0.39 is 0 Å². The van der Waals surface area contributed by atoms with Crippen molar-refractivity contribution in [1.82, 2.24) is 4.90 Å². The van der Waals surface area contributed by atoms with Crippen LogP contribution >= 0.6 is 11.8 Å². The third-order valence-electron chi connectivity index (χ3n) is 3.58. The van der Waals surface area contributed by atoms with Gasteiger partial charge in [0.2, 0.25) is 0 Å². The summed E-state index contributed by atoms with van der Waals surface area (Å²) in [5.41, 5.74) is 2.34. The highest BCUT2D eigenvalue weighted by Gasteiger charge is 2.26. The third kappa shape index (κ3) is 3.36. The Kier molecular flexibility index (Phi) is 4.41. The van der Waals surface area contributed by atoms with Gasteiger partial charge in [0, 0.05) is 13.1 Å². The van der Waals surface area contributed by atoms with E-state index in [4.69, 9.17) is 4.74 Å². The van der Waals surface area contributed by atoms with Crippen LogP contribution in [-0.2, 0) is 16.0 Å². The summed E-state index contributed by atoms with van der Waals surface area (Å²) in [7, 11) is 0. The van der Waals surface area contributed by atoms with E-state index in [0.29, 0.717) is 18.1 Å². The van der Waals surface area contributed by atoms with Gasteiger partial charge in [0.05, 0.1) is 18.1 Å². The van der Waals surface area contributed by atoms with Gasteiger partial charge in [0.15, 0.2) is 5.17 Å². The van der Waals surface area contributed by atoms with Crippen molar-refractivity contribution in [3.8, 4) is 0 Å². The fourth-order valence-corrected chi connectivity index (χ4v) is 3.25. The third-order valence-corrected chi connectivity index (χ3v) is 4.62. The summed E-state index contributed by atoms with van der Waals surface area (Å²) < 4.78 is 5.32. The summed E-state index contributed by atoms with van der Waals surface area (Å²) in [6.45, 7) is 5.14. The summed E-state index contributed by atoms with van der Waals surface area (Å²) in [6.07, 6.45) is 2.94. The molecular formula is C16H18N2O2S. The maximum atomic E-state index is 12.0. The number of carbonyl (C=O) groups excluding carboxylic acids is 1. The molecule has 2 aliphatic heterocycles. The zero-order valence-electron chi connectivity index (χ0n) is 12.0. The van der Waals surface area contributed by atoms with Crippen molar-refractivity contribution >= 4 is 28.9 Å². The highest BCUT2D eigenvalue weighted by atomic mass is 32.2. The number of aliphatic imine (C=N–C) groups is 1. The van der Waals surface area contributed by atoms with Crippen LogP contribution in [0.25, 0.3) is 6.08 Å². The first-order valence-electron chi connectivity index (χ1n) is 7.20. The Labute approximate surface area is 128 Å². The molecule has 1 amide bonds. The molecule has 2 heterocycles. The quantitative estimate of drug-likeness (QED) is 0.787. The van der Waals surface area contributed by atoms with Gasteiger partial charge in [0.25, 0.3) is 5.91 Å². The molecule has 1 aromatic carbocycles. The van der Waals surface area contributed by atoms with Gasteiger partial charge in [-0.1, -0.05) is 31.2 Å². The number of hydrogen-bond donors (Lipinski definition) is 0. The van der Waals surface area contributed by atoms with E-state index in [9.17, 15) is 4.79 Å². The molecule has 1 aromatic rings. The van der Waals surface area contributed by atoms with Crippen LogP contribution in [0.2, 0.25) is 0 Å². The van der Waals surface area contributed by atoms with Crippen LogP contribution < -0.4 is 0 Å². The van der Waals surface area contributed by atoms with Gasteiger partial charge in [-0.05, 0) is 35.4 Å². The largest absolute Gasteiger partial charge is 0.378 e. The summed E-state index contributed by atoms with van der Waals surface area (Å²) in [5, 5.41) is 0.805. The van der Waals surface area contributed by atoms with E-state index in [1.54, 1.807) is 0 Å². The van der Waals surface area contributed by atoms with Crippen LogP contribution in [0.15, 0.2) is 34.2 Å². The maximum Gasteiger partial charge on any atom is 0.286 e. The molecule has 110 valence electrons. The van der Waals surface area contributed by atoms with E-state index in [-0.39, 0.29) is 5.91 Å². The van der Waals surface area contributed by atoms with Crippen molar-refractivity contribution in [2.24, 2.45) is 4.99 Å². The number of thioether (sulfide) groups is 1. The zero-order valence-corrected chi connectivity index (χ0v) is 12.9. The van der Waals surface area contributed by atoms with Gasteiger partial charge in [-0.15, -0.1) is 0 Å². The van der Waals surface area contributed by atoms with Crippen molar-refractivity contribution in [3.05, 3.63) is 40.3 Å². The predicted octanol–water partition coefficient (Wildman–Crippen LogP) is 2.55. The van der Waals surface area contributed by atoms with Gasteiger partial charge in [-0.25, -0.2) is 0 Å². The Morgan fingerprint density at radius 1 is 1.29 bits per heavy atom. The Hall–Kier alpha value is -1.59. The molecule has 0 bridgehead atoms. The Morgan fingerprint density at radius 2 is 2.00 bits per heavy atom. The number of amides is 1. The maximum absolute atomic E-state index is 12.0. The minimum Gasteiger partial charge on any atom is -0.378 e. The van der Waals surface area contributed by atoms with Crippen molar-refractivity contribution in [3.63, 3.8) is 0 Å². The minimum atomic E-state index is -0.138. The summed E-state index contributed by atoms with van der Waals surface area (Å²) >= 11 is 1.46. The smallest absolute Gasteiger partial charge is 0.286 e. The van der Waals surface area contributed by atoms with E-state index in [0.717, 1.165) is 30.2 Å². The van der Waals surface area contributed by atoms with E-state index in [1.165, 1.54) is 17.3 Å². The lowest BCUT2D eigenvalue weighted by Gasteiger charge is -2.27. The molecule has 0 unspecified atom stereocenters. The van der Waals surface area contributed by atoms with Crippen LogP contribution in [0.5, 0.6) is 0 Å². The van der Waals surface area contributed by atoms with Crippen molar-refractivity contribution in [1.29, 1.82) is 0 Å². The van der Waals surface area contributed by atoms with E-state index in [2.05, 4.69) is 28.9 Å². The molecule has 21 heavy (non-hydrogen) atoms. The number of aryl methyl sites for hydroxylation is 1. The monoisotopic (exact) mass is 302 g/mol. The SMILES string of the molecule is CCc1ccc(/C=C2/SC(N3CCOCC3)=NC2=O)cc1. The molecule has 0 radical (unpaired) electrons. The topological polar surface area (TPSA) is 41.9 Å². The number of ether oxygens (including phenoxy) is 1. The van der Waals surface area contributed by atoms with Crippen molar-refractivity contribution in [2.45, 2.75) is 13.3 Å². The second kappa shape index (κ2) is 6.45. The van der Waals surface area contributed by atoms with Gasteiger partial charge in [0.1, 0.15) is 0 Å². The first kappa shape index (κ1) is 14.4. The molecule has 1 fully saturated rings. The highest BCUT2D eigenvalue weighted by Crippen LogP contribution is 2.30. The number of carbonyl (C=O) groups is 1. The molecule has 0 atom stereocenters. The lowest BCUT2D eigenvalue weighted by Crippen LogP contribution is -2.38. The molecular weight excluding hydrogens is 284 g/mol. The average molecular weight is 302 g/mol. The Balaban J connectivity index is 1.72. The summed E-state index contributed by atoms with van der Waals surface area (Å²) in [4.78, 5) is 19.0. The van der Waals surface area contributed by atoms with Gasteiger partial charge in [-0.3, -0.25) is 4.79 Å². The number of benzene rings is 1. The van der Waals surface area contributed by atoms with Crippen LogP contribution in [0.3, 0.4) is 0 Å². The number of nitrogens with zero attached hydrogens (tertiary/aromatic N) is 2. The molecule has 4 nitrogen and oxygen atoms in total.